The summed E-state index contributed by atoms with van der Waals surface area (Å²) in [5, 5.41) is 8.46. The van der Waals surface area contributed by atoms with Crippen LogP contribution in [0, 0.1) is 0 Å². The maximum Gasteiger partial charge on any atom is 0.303 e. The summed E-state index contributed by atoms with van der Waals surface area (Å²) in [6, 6.07) is 10.1. The molecule has 3 nitrogen and oxygen atoms in total. The maximum atomic E-state index is 10.3. The van der Waals surface area contributed by atoms with Crippen LogP contribution >= 0.6 is 0 Å². The number of carboxylic acid groups (broad SMARTS) is 1. The molecule has 0 aliphatic rings. The molecule has 0 atom stereocenters. The van der Waals surface area contributed by atoms with Gasteiger partial charge in [-0.3, -0.25) is 4.79 Å². The lowest BCUT2D eigenvalue weighted by Gasteiger charge is -2.04. The van der Waals surface area contributed by atoms with Gasteiger partial charge < -0.3 is 9.84 Å². The lowest BCUT2D eigenvalue weighted by atomic mass is 10.1. The number of unbranched alkanes of at least 4 members (excludes halogenated alkanes) is 3. The quantitative estimate of drug-likeness (QED) is 0.669. The number of rotatable bonds is 9. The van der Waals surface area contributed by atoms with Crippen LogP contribution in [0.3, 0.4) is 0 Å². The molecule has 0 saturated carbocycles. The van der Waals surface area contributed by atoms with Crippen LogP contribution in [-0.2, 0) is 16.1 Å². The topological polar surface area (TPSA) is 46.5 Å². The normalized spacial score (nSPS) is 10.4. The van der Waals surface area contributed by atoms with Crippen molar-refractivity contribution in [3.05, 3.63) is 35.9 Å². The molecular weight excluding hydrogens is 216 g/mol. The van der Waals surface area contributed by atoms with Gasteiger partial charge in [-0.2, -0.15) is 0 Å². The Balaban J connectivity index is 1.90. The first-order chi connectivity index (χ1) is 8.29. The Morgan fingerprint density at radius 2 is 1.76 bits per heavy atom. The van der Waals surface area contributed by atoms with E-state index in [0.717, 1.165) is 32.3 Å². The Morgan fingerprint density at radius 3 is 2.47 bits per heavy atom. The largest absolute Gasteiger partial charge is 0.481 e. The molecule has 0 bridgehead atoms. The predicted octanol–water partition coefficient (Wildman–Crippen LogP) is 3.24. The minimum atomic E-state index is -0.703. The summed E-state index contributed by atoms with van der Waals surface area (Å²) < 4.78 is 5.53. The van der Waals surface area contributed by atoms with Gasteiger partial charge in [-0.1, -0.05) is 43.2 Å². The van der Waals surface area contributed by atoms with Gasteiger partial charge in [0.05, 0.1) is 6.61 Å². The fourth-order valence-corrected chi connectivity index (χ4v) is 1.60. The van der Waals surface area contributed by atoms with Gasteiger partial charge in [-0.05, 0) is 18.4 Å². The van der Waals surface area contributed by atoms with Gasteiger partial charge in [0.1, 0.15) is 0 Å². The van der Waals surface area contributed by atoms with E-state index < -0.39 is 5.97 Å². The summed E-state index contributed by atoms with van der Waals surface area (Å²) in [7, 11) is 0. The summed E-state index contributed by atoms with van der Waals surface area (Å²) in [4.78, 5) is 10.3. The molecule has 0 fully saturated rings. The Labute approximate surface area is 102 Å². The van der Waals surface area contributed by atoms with Gasteiger partial charge in [0.25, 0.3) is 0 Å². The zero-order valence-corrected chi connectivity index (χ0v) is 10.1. The molecule has 0 saturated heterocycles. The lowest BCUT2D eigenvalue weighted by molar-refractivity contribution is -0.137. The van der Waals surface area contributed by atoms with E-state index in [1.807, 2.05) is 30.3 Å². The van der Waals surface area contributed by atoms with Gasteiger partial charge in [0.2, 0.25) is 0 Å². The van der Waals surface area contributed by atoms with E-state index in [-0.39, 0.29) is 6.42 Å². The zero-order valence-electron chi connectivity index (χ0n) is 10.1. The first-order valence-electron chi connectivity index (χ1n) is 6.12. The fraction of sp³-hybridized carbons (Fsp3) is 0.500. The van der Waals surface area contributed by atoms with Crippen molar-refractivity contribution in [2.24, 2.45) is 0 Å². The van der Waals surface area contributed by atoms with Crippen LogP contribution in [-0.4, -0.2) is 17.7 Å². The Kier molecular flexibility index (Phi) is 7.07. The van der Waals surface area contributed by atoms with Crippen molar-refractivity contribution < 1.29 is 14.6 Å². The number of carbonyl (C=O) groups is 1. The molecule has 0 unspecified atom stereocenters. The second kappa shape index (κ2) is 8.76. The van der Waals surface area contributed by atoms with Crippen molar-refractivity contribution in [1.82, 2.24) is 0 Å². The van der Waals surface area contributed by atoms with Crippen LogP contribution < -0.4 is 0 Å². The highest BCUT2D eigenvalue weighted by Gasteiger charge is 1.96. The van der Waals surface area contributed by atoms with Crippen LogP contribution in [0.1, 0.15) is 37.7 Å². The molecule has 17 heavy (non-hydrogen) atoms. The summed E-state index contributed by atoms with van der Waals surface area (Å²) in [6.07, 6.45) is 4.08. The van der Waals surface area contributed by atoms with Crippen molar-refractivity contribution >= 4 is 5.97 Å². The monoisotopic (exact) mass is 236 g/mol. The molecular formula is C14H20O3. The van der Waals surface area contributed by atoms with Gasteiger partial charge in [-0.25, -0.2) is 0 Å². The minimum absolute atomic E-state index is 0.283. The van der Waals surface area contributed by atoms with Gasteiger partial charge in [0.15, 0.2) is 0 Å². The Bertz CT molecular complexity index is 309. The van der Waals surface area contributed by atoms with Crippen LogP contribution in [0.5, 0.6) is 0 Å². The molecule has 1 rings (SSSR count). The number of benzene rings is 1. The molecule has 0 aromatic heterocycles. The van der Waals surface area contributed by atoms with Gasteiger partial charge >= 0.3 is 5.97 Å². The molecule has 0 aliphatic carbocycles. The first kappa shape index (κ1) is 13.7. The van der Waals surface area contributed by atoms with E-state index in [2.05, 4.69) is 0 Å². The third-order valence-electron chi connectivity index (χ3n) is 2.54. The fourth-order valence-electron chi connectivity index (χ4n) is 1.60. The molecule has 1 aromatic rings. The highest BCUT2D eigenvalue weighted by atomic mass is 16.5. The third-order valence-corrected chi connectivity index (χ3v) is 2.54. The van der Waals surface area contributed by atoms with Gasteiger partial charge in [-0.15, -0.1) is 0 Å². The molecule has 1 N–H and O–H groups in total. The second-order valence-corrected chi connectivity index (χ2v) is 4.10. The average Bonchev–Trinajstić information content (AvgIpc) is 2.33. The SMILES string of the molecule is O=C(O)CCCCCCOCc1ccccc1. The van der Waals surface area contributed by atoms with E-state index in [9.17, 15) is 4.79 Å². The van der Waals surface area contributed by atoms with E-state index in [4.69, 9.17) is 9.84 Å². The summed E-state index contributed by atoms with van der Waals surface area (Å²) in [5.41, 5.74) is 1.19. The van der Waals surface area contributed by atoms with E-state index >= 15 is 0 Å². The molecule has 3 heteroatoms. The Morgan fingerprint density at radius 1 is 1.06 bits per heavy atom. The zero-order chi connectivity index (χ0) is 12.3. The number of aliphatic carboxylic acids is 1. The van der Waals surface area contributed by atoms with E-state index in [0.29, 0.717) is 6.61 Å². The first-order valence-corrected chi connectivity index (χ1v) is 6.12. The molecule has 0 heterocycles. The van der Waals surface area contributed by atoms with Crippen LogP contribution in [0.25, 0.3) is 0 Å². The lowest BCUT2D eigenvalue weighted by Crippen LogP contribution is -1.96. The summed E-state index contributed by atoms with van der Waals surface area (Å²) >= 11 is 0. The second-order valence-electron chi connectivity index (χ2n) is 4.10. The standard InChI is InChI=1S/C14H20O3/c15-14(16)10-6-1-2-7-11-17-12-13-8-4-3-5-9-13/h3-5,8-9H,1-2,6-7,10-12H2,(H,15,16). The van der Waals surface area contributed by atoms with Crippen LogP contribution in [0.2, 0.25) is 0 Å². The molecule has 0 spiro atoms. The maximum absolute atomic E-state index is 10.3. The molecule has 1 aromatic carbocycles. The highest BCUT2D eigenvalue weighted by Crippen LogP contribution is 2.05. The number of ether oxygens (including phenoxy) is 1. The molecule has 94 valence electrons. The number of hydrogen-bond donors (Lipinski definition) is 1. The Hall–Kier alpha value is -1.35. The van der Waals surface area contributed by atoms with Crippen molar-refractivity contribution in [1.29, 1.82) is 0 Å². The summed E-state index contributed by atoms with van der Waals surface area (Å²) in [5.74, 6) is -0.703. The predicted molar refractivity (Wildman–Crippen MR) is 66.8 cm³/mol. The smallest absolute Gasteiger partial charge is 0.303 e. The third kappa shape index (κ3) is 7.53. The average molecular weight is 236 g/mol. The minimum Gasteiger partial charge on any atom is -0.481 e. The molecule has 0 radical (unpaired) electrons. The number of hydrogen-bond acceptors (Lipinski definition) is 2. The highest BCUT2D eigenvalue weighted by molar-refractivity contribution is 5.66. The van der Waals surface area contributed by atoms with E-state index in [1.54, 1.807) is 0 Å². The van der Waals surface area contributed by atoms with Crippen LogP contribution in [0.15, 0.2) is 30.3 Å². The van der Waals surface area contributed by atoms with Crippen molar-refractivity contribution in [3.8, 4) is 0 Å². The van der Waals surface area contributed by atoms with Crippen LogP contribution in [0.4, 0.5) is 0 Å². The molecule has 0 aliphatic heterocycles. The van der Waals surface area contributed by atoms with Crippen molar-refractivity contribution in [2.75, 3.05) is 6.61 Å². The van der Waals surface area contributed by atoms with Crippen molar-refractivity contribution in [2.45, 2.75) is 38.7 Å². The number of carboxylic acids is 1. The summed E-state index contributed by atoms with van der Waals surface area (Å²) in [6.45, 7) is 1.41. The van der Waals surface area contributed by atoms with Gasteiger partial charge in [0, 0.05) is 13.0 Å². The molecule has 0 amide bonds. The van der Waals surface area contributed by atoms with Crippen molar-refractivity contribution in [3.63, 3.8) is 0 Å². The van der Waals surface area contributed by atoms with E-state index in [1.165, 1.54) is 5.56 Å².